The first-order valence-corrected chi connectivity index (χ1v) is 13.2. The molecule has 7 nitrogen and oxygen atoms in total. The third-order valence-electron chi connectivity index (χ3n) is 6.64. The summed E-state index contributed by atoms with van der Waals surface area (Å²) in [5.74, 6) is 1.78. The number of benzene rings is 2. The molecule has 0 bridgehead atoms. The fraction of sp³-hybridized carbons (Fsp3) is 0.400. The molecule has 0 spiro atoms. The van der Waals surface area contributed by atoms with Crippen molar-refractivity contribution in [1.29, 1.82) is 0 Å². The van der Waals surface area contributed by atoms with E-state index in [9.17, 15) is 9.18 Å². The van der Waals surface area contributed by atoms with E-state index in [0.717, 1.165) is 43.7 Å². The standard InChI is InChI=1S/C30H37FN4O3/c1-4-7-27(31)21-37-29-10-5-8-23(17-29)16-24-9-6-15-35(19-24)38-28-13-11-25(12-14-28)22(2)33-30(36)26-18-32-34(3)20-26/h4-5,7-8,10-14,17-18,20,22,24,27H,6,9,15-16,19,21H2,1-3H3,(H,33,36). The Morgan fingerprint density at radius 2 is 2.05 bits per heavy atom. The van der Waals surface area contributed by atoms with Gasteiger partial charge in [-0.3, -0.25) is 9.48 Å². The van der Waals surface area contributed by atoms with Crippen molar-refractivity contribution in [3.05, 3.63) is 89.8 Å². The van der Waals surface area contributed by atoms with Gasteiger partial charge in [-0.2, -0.15) is 5.10 Å². The van der Waals surface area contributed by atoms with Crippen molar-refractivity contribution < 1.29 is 18.8 Å². The number of nitrogens with one attached hydrogen (secondary N) is 1. The van der Waals surface area contributed by atoms with Crippen LogP contribution in [0.5, 0.6) is 11.5 Å². The van der Waals surface area contributed by atoms with Gasteiger partial charge in [0.1, 0.15) is 18.1 Å². The minimum Gasteiger partial charge on any atom is -0.490 e. The molecule has 1 N–H and O–H groups in total. The Labute approximate surface area is 224 Å². The molecule has 0 radical (unpaired) electrons. The van der Waals surface area contributed by atoms with Gasteiger partial charge >= 0.3 is 0 Å². The summed E-state index contributed by atoms with van der Waals surface area (Å²) in [5.41, 5.74) is 2.72. The van der Waals surface area contributed by atoms with Crippen molar-refractivity contribution in [2.24, 2.45) is 13.0 Å². The summed E-state index contributed by atoms with van der Waals surface area (Å²) in [7, 11) is 1.79. The number of aromatic nitrogens is 2. The van der Waals surface area contributed by atoms with Gasteiger partial charge in [0.05, 0.1) is 17.8 Å². The largest absolute Gasteiger partial charge is 0.490 e. The lowest BCUT2D eigenvalue weighted by Gasteiger charge is -2.32. The second-order valence-electron chi connectivity index (χ2n) is 9.86. The molecule has 38 heavy (non-hydrogen) atoms. The summed E-state index contributed by atoms with van der Waals surface area (Å²) in [4.78, 5) is 18.6. The van der Waals surface area contributed by atoms with E-state index < -0.39 is 6.17 Å². The first-order valence-electron chi connectivity index (χ1n) is 13.2. The van der Waals surface area contributed by atoms with Crippen LogP contribution in [0, 0.1) is 5.92 Å². The highest BCUT2D eigenvalue weighted by molar-refractivity contribution is 5.93. The molecule has 1 amide bonds. The molecule has 3 atom stereocenters. The van der Waals surface area contributed by atoms with Crippen molar-refractivity contribution in [3.63, 3.8) is 0 Å². The maximum atomic E-state index is 13.7. The lowest BCUT2D eigenvalue weighted by atomic mass is 9.92. The van der Waals surface area contributed by atoms with E-state index in [1.807, 2.05) is 54.5 Å². The number of ether oxygens (including phenoxy) is 1. The number of aryl methyl sites for hydroxylation is 1. The number of hydrogen-bond donors (Lipinski definition) is 1. The molecule has 1 fully saturated rings. The van der Waals surface area contributed by atoms with Gasteiger partial charge in [0.2, 0.25) is 0 Å². The first kappa shape index (κ1) is 27.4. The Morgan fingerprint density at radius 1 is 1.24 bits per heavy atom. The van der Waals surface area contributed by atoms with Crippen molar-refractivity contribution in [2.45, 2.75) is 45.3 Å². The van der Waals surface area contributed by atoms with E-state index >= 15 is 0 Å². The SMILES string of the molecule is CC=CC(F)COc1cccc(CC2CCCN(Oc3ccc(C(C)NC(=O)c4cnn(C)c4)cc3)C2)c1. The second kappa shape index (κ2) is 13.2. The summed E-state index contributed by atoms with van der Waals surface area (Å²) in [6, 6.07) is 15.6. The van der Waals surface area contributed by atoms with Crippen molar-refractivity contribution in [1.82, 2.24) is 20.2 Å². The van der Waals surface area contributed by atoms with Crippen molar-refractivity contribution >= 4 is 5.91 Å². The molecule has 4 rings (SSSR count). The average molecular weight is 521 g/mol. The minimum absolute atomic E-state index is 0.0211. The summed E-state index contributed by atoms with van der Waals surface area (Å²) in [5, 5.41) is 9.08. The highest BCUT2D eigenvalue weighted by atomic mass is 19.1. The minimum atomic E-state index is -1.10. The molecule has 1 aliphatic rings. The predicted molar refractivity (Wildman–Crippen MR) is 146 cm³/mol. The number of piperidine rings is 1. The van der Waals surface area contributed by atoms with Gasteiger partial charge in [0, 0.05) is 26.3 Å². The van der Waals surface area contributed by atoms with Crippen LogP contribution in [0.1, 0.15) is 54.2 Å². The van der Waals surface area contributed by atoms with E-state index in [1.165, 1.54) is 11.6 Å². The smallest absolute Gasteiger partial charge is 0.254 e. The molecule has 8 heteroatoms. The topological polar surface area (TPSA) is 68.6 Å². The Hall–Kier alpha value is -3.65. The van der Waals surface area contributed by atoms with Crippen molar-refractivity contribution in [2.75, 3.05) is 19.7 Å². The third kappa shape index (κ3) is 7.92. The average Bonchev–Trinajstić information content (AvgIpc) is 3.35. The van der Waals surface area contributed by atoms with Gasteiger partial charge < -0.3 is 14.9 Å². The van der Waals surface area contributed by atoms with Crippen LogP contribution in [0.3, 0.4) is 0 Å². The first-order chi connectivity index (χ1) is 18.4. The Kier molecular flexibility index (Phi) is 9.54. The van der Waals surface area contributed by atoms with Crippen LogP contribution in [0.25, 0.3) is 0 Å². The fourth-order valence-electron chi connectivity index (χ4n) is 4.68. The fourth-order valence-corrected chi connectivity index (χ4v) is 4.68. The highest BCUT2D eigenvalue weighted by Gasteiger charge is 2.22. The molecule has 0 saturated carbocycles. The molecule has 0 aliphatic carbocycles. The van der Waals surface area contributed by atoms with Crippen LogP contribution >= 0.6 is 0 Å². The van der Waals surface area contributed by atoms with E-state index in [0.29, 0.717) is 17.2 Å². The van der Waals surface area contributed by atoms with Crippen LogP contribution in [0.15, 0.2) is 73.1 Å². The molecule has 1 aliphatic heterocycles. The van der Waals surface area contributed by atoms with Crippen LogP contribution < -0.4 is 14.9 Å². The molecule has 1 saturated heterocycles. The zero-order chi connectivity index (χ0) is 26.9. The van der Waals surface area contributed by atoms with Crippen LogP contribution in [0.4, 0.5) is 4.39 Å². The number of carbonyl (C=O) groups excluding carboxylic acids is 1. The number of hydroxylamine groups is 2. The van der Waals surface area contributed by atoms with E-state index in [-0.39, 0.29) is 18.6 Å². The Bertz CT molecular complexity index is 1210. The summed E-state index contributed by atoms with van der Waals surface area (Å²) in [6.45, 7) is 5.48. The number of rotatable bonds is 11. The van der Waals surface area contributed by atoms with Gasteiger partial charge in [-0.05, 0) is 74.4 Å². The van der Waals surface area contributed by atoms with Gasteiger partial charge in [-0.15, -0.1) is 5.06 Å². The Morgan fingerprint density at radius 3 is 2.79 bits per heavy atom. The molecule has 2 aromatic carbocycles. The molecular weight excluding hydrogens is 483 g/mol. The monoisotopic (exact) mass is 520 g/mol. The second-order valence-corrected chi connectivity index (χ2v) is 9.86. The highest BCUT2D eigenvalue weighted by Crippen LogP contribution is 2.25. The van der Waals surface area contributed by atoms with E-state index in [2.05, 4.69) is 16.5 Å². The quantitative estimate of drug-likeness (QED) is 0.341. The van der Waals surface area contributed by atoms with Crippen LogP contribution in [-0.4, -0.2) is 46.6 Å². The molecule has 1 aromatic heterocycles. The van der Waals surface area contributed by atoms with Crippen LogP contribution in [0.2, 0.25) is 0 Å². The summed E-state index contributed by atoms with van der Waals surface area (Å²) >= 11 is 0. The van der Waals surface area contributed by atoms with Crippen molar-refractivity contribution in [3.8, 4) is 11.5 Å². The molecule has 2 heterocycles. The number of amides is 1. The molecule has 202 valence electrons. The lowest BCUT2D eigenvalue weighted by molar-refractivity contribution is -0.0873. The summed E-state index contributed by atoms with van der Waals surface area (Å²) in [6.07, 6.45) is 8.45. The normalized spacial score (nSPS) is 17.7. The number of hydrogen-bond acceptors (Lipinski definition) is 5. The van der Waals surface area contributed by atoms with E-state index in [1.54, 1.807) is 37.1 Å². The number of halogens is 1. The Balaban J connectivity index is 1.27. The maximum Gasteiger partial charge on any atom is 0.254 e. The third-order valence-corrected chi connectivity index (χ3v) is 6.64. The summed E-state index contributed by atoms with van der Waals surface area (Å²) < 4.78 is 21.0. The maximum absolute atomic E-state index is 13.7. The molecule has 3 aromatic rings. The van der Waals surface area contributed by atoms with Gasteiger partial charge in [-0.1, -0.05) is 36.4 Å². The lowest BCUT2D eigenvalue weighted by Crippen LogP contribution is -2.38. The van der Waals surface area contributed by atoms with Gasteiger partial charge in [-0.25, -0.2) is 4.39 Å². The zero-order valence-electron chi connectivity index (χ0n) is 22.3. The number of alkyl halides is 1. The number of allylic oxidation sites excluding steroid dienone is 1. The van der Waals surface area contributed by atoms with Gasteiger partial charge in [0.25, 0.3) is 5.91 Å². The van der Waals surface area contributed by atoms with Gasteiger partial charge in [0.15, 0.2) is 6.17 Å². The zero-order valence-corrected chi connectivity index (χ0v) is 22.3. The van der Waals surface area contributed by atoms with E-state index in [4.69, 9.17) is 9.57 Å². The predicted octanol–water partition coefficient (Wildman–Crippen LogP) is 5.45. The number of carbonyl (C=O) groups is 1. The molecular formula is C30H37FN4O3. The van der Waals surface area contributed by atoms with Crippen LogP contribution in [-0.2, 0) is 13.5 Å². The number of nitrogens with zero attached hydrogens (tertiary/aromatic N) is 3. The molecule has 3 unspecified atom stereocenters.